The Morgan fingerprint density at radius 3 is 2.79 bits per heavy atom. The third-order valence-corrected chi connectivity index (χ3v) is 3.24. The van der Waals surface area contributed by atoms with Gasteiger partial charge in [-0.1, -0.05) is 13.0 Å². The van der Waals surface area contributed by atoms with E-state index in [-0.39, 0.29) is 11.6 Å². The second-order valence-electron chi connectivity index (χ2n) is 4.89. The molecule has 2 N–H and O–H groups in total. The lowest BCUT2D eigenvalue weighted by atomic mass is 10.1. The molecule has 0 radical (unpaired) electrons. The Hall–Kier alpha value is -2.06. The van der Waals surface area contributed by atoms with Gasteiger partial charge in [-0.3, -0.25) is 0 Å². The first kappa shape index (κ1) is 13.4. The number of H-pyrrole nitrogens is 2. The molecule has 0 aliphatic rings. The van der Waals surface area contributed by atoms with E-state index in [1.165, 1.54) is 0 Å². The average molecular weight is 258 g/mol. The van der Waals surface area contributed by atoms with Crippen LogP contribution in [0.2, 0.25) is 0 Å². The van der Waals surface area contributed by atoms with E-state index < -0.39 is 0 Å². The third kappa shape index (κ3) is 3.24. The third-order valence-electron chi connectivity index (χ3n) is 3.24. The van der Waals surface area contributed by atoms with Gasteiger partial charge in [-0.15, -0.1) is 0 Å². The van der Waals surface area contributed by atoms with Crippen LogP contribution in [0.1, 0.15) is 18.9 Å². The number of hydrogen-bond donors (Lipinski definition) is 2. The molecule has 2 aromatic rings. The van der Waals surface area contributed by atoms with Gasteiger partial charge in [0.05, 0.1) is 23.0 Å². The molecule has 0 amide bonds. The minimum atomic E-state index is -0.184. The molecule has 1 aromatic heterocycles. The van der Waals surface area contributed by atoms with E-state index in [2.05, 4.69) is 20.9 Å². The number of imidazole rings is 1. The monoisotopic (exact) mass is 258 g/mol. The van der Waals surface area contributed by atoms with E-state index in [0.29, 0.717) is 0 Å². The van der Waals surface area contributed by atoms with E-state index in [1.54, 1.807) is 0 Å². The molecule has 2 rings (SSSR count). The van der Waals surface area contributed by atoms with E-state index in [0.717, 1.165) is 36.1 Å². The SMILES string of the molecule is CCC(C#N)CN(C)Cc1ccc2[nH]c(=O)[nH]c2c1. The summed E-state index contributed by atoms with van der Waals surface area (Å²) in [5.74, 6) is 0.0702. The highest BCUT2D eigenvalue weighted by molar-refractivity contribution is 5.74. The first-order chi connectivity index (χ1) is 9.12. The van der Waals surface area contributed by atoms with Crippen molar-refractivity contribution in [2.75, 3.05) is 13.6 Å². The summed E-state index contributed by atoms with van der Waals surface area (Å²) in [4.78, 5) is 18.8. The highest BCUT2D eigenvalue weighted by atomic mass is 16.1. The number of aromatic amines is 2. The van der Waals surface area contributed by atoms with Crippen LogP contribution in [0, 0.1) is 17.2 Å². The van der Waals surface area contributed by atoms with Crippen LogP contribution in [0.4, 0.5) is 0 Å². The molecule has 0 aliphatic heterocycles. The van der Waals surface area contributed by atoms with Crippen molar-refractivity contribution in [3.05, 3.63) is 34.2 Å². The Morgan fingerprint density at radius 2 is 2.11 bits per heavy atom. The van der Waals surface area contributed by atoms with E-state index in [4.69, 9.17) is 5.26 Å². The van der Waals surface area contributed by atoms with Gasteiger partial charge in [0.25, 0.3) is 0 Å². The van der Waals surface area contributed by atoms with E-state index in [1.807, 2.05) is 32.2 Å². The number of aromatic nitrogens is 2. The first-order valence-electron chi connectivity index (χ1n) is 6.41. The van der Waals surface area contributed by atoms with Crippen LogP contribution in [0.25, 0.3) is 11.0 Å². The molecule has 1 atom stereocenters. The molecule has 19 heavy (non-hydrogen) atoms. The summed E-state index contributed by atoms with van der Waals surface area (Å²) in [7, 11) is 2.00. The van der Waals surface area contributed by atoms with Gasteiger partial charge in [0.15, 0.2) is 0 Å². The van der Waals surface area contributed by atoms with Crippen molar-refractivity contribution in [1.82, 2.24) is 14.9 Å². The van der Waals surface area contributed by atoms with Crippen LogP contribution in [0.5, 0.6) is 0 Å². The maximum absolute atomic E-state index is 11.2. The molecule has 5 heteroatoms. The lowest BCUT2D eigenvalue weighted by Crippen LogP contribution is -2.24. The Labute approximate surface area is 111 Å². The molecule has 1 unspecified atom stereocenters. The van der Waals surface area contributed by atoms with Crippen molar-refractivity contribution >= 4 is 11.0 Å². The predicted molar refractivity (Wildman–Crippen MR) is 74.6 cm³/mol. The molecular weight excluding hydrogens is 240 g/mol. The van der Waals surface area contributed by atoms with Crippen LogP contribution in [0.15, 0.2) is 23.0 Å². The molecule has 0 aliphatic carbocycles. The molecule has 0 bridgehead atoms. The Kier molecular flexibility index (Phi) is 4.03. The molecule has 5 nitrogen and oxygen atoms in total. The zero-order valence-electron chi connectivity index (χ0n) is 11.2. The van der Waals surface area contributed by atoms with Crippen molar-refractivity contribution < 1.29 is 0 Å². The first-order valence-corrected chi connectivity index (χ1v) is 6.41. The largest absolute Gasteiger partial charge is 0.323 e. The summed E-state index contributed by atoms with van der Waals surface area (Å²) in [5.41, 5.74) is 2.58. The van der Waals surface area contributed by atoms with Crippen LogP contribution in [-0.4, -0.2) is 28.5 Å². The number of benzene rings is 1. The second kappa shape index (κ2) is 5.72. The number of hydrogen-bond acceptors (Lipinski definition) is 3. The molecule has 1 heterocycles. The summed E-state index contributed by atoms with van der Waals surface area (Å²) < 4.78 is 0. The maximum Gasteiger partial charge on any atom is 0.323 e. The number of rotatable bonds is 5. The molecule has 100 valence electrons. The van der Waals surface area contributed by atoms with Crippen molar-refractivity contribution in [2.24, 2.45) is 5.92 Å². The van der Waals surface area contributed by atoms with Crippen LogP contribution in [-0.2, 0) is 6.54 Å². The Bertz CT molecular complexity index is 649. The van der Waals surface area contributed by atoms with Crippen LogP contribution >= 0.6 is 0 Å². The summed E-state index contributed by atoms with van der Waals surface area (Å²) in [6.45, 7) is 3.55. The van der Waals surface area contributed by atoms with Gasteiger partial charge in [-0.25, -0.2) is 4.79 Å². The van der Waals surface area contributed by atoms with Crippen LogP contribution < -0.4 is 5.69 Å². The zero-order valence-corrected chi connectivity index (χ0v) is 11.2. The summed E-state index contributed by atoms with van der Waals surface area (Å²) in [6.07, 6.45) is 0.866. The lowest BCUT2D eigenvalue weighted by molar-refractivity contribution is 0.292. The molecule has 1 aromatic carbocycles. The van der Waals surface area contributed by atoms with Gasteiger partial charge in [0, 0.05) is 13.1 Å². The molecule has 0 saturated carbocycles. The molecule has 0 fully saturated rings. The fourth-order valence-corrected chi connectivity index (χ4v) is 2.19. The van der Waals surface area contributed by atoms with E-state index in [9.17, 15) is 4.79 Å². The van der Waals surface area contributed by atoms with Gasteiger partial charge in [0.2, 0.25) is 0 Å². The van der Waals surface area contributed by atoms with Gasteiger partial charge >= 0.3 is 5.69 Å². The topological polar surface area (TPSA) is 75.7 Å². The highest BCUT2D eigenvalue weighted by Crippen LogP contribution is 2.13. The van der Waals surface area contributed by atoms with Gasteiger partial charge in [0.1, 0.15) is 0 Å². The molecule has 0 spiro atoms. The molecular formula is C14H18N4O. The van der Waals surface area contributed by atoms with Gasteiger partial charge in [-0.05, 0) is 31.2 Å². The van der Waals surface area contributed by atoms with Crippen molar-refractivity contribution in [3.63, 3.8) is 0 Å². The standard InChI is InChI=1S/C14H18N4O/c1-3-10(7-15)8-18(2)9-11-4-5-12-13(6-11)17-14(19)16-12/h4-6,10H,3,8-9H2,1-2H3,(H2,16,17,19). The average Bonchev–Trinajstić information content (AvgIpc) is 2.75. The number of fused-ring (bicyclic) bond motifs is 1. The Morgan fingerprint density at radius 1 is 1.37 bits per heavy atom. The number of nitrogens with zero attached hydrogens (tertiary/aromatic N) is 2. The summed E-state index contributed by atoms with van der Waals surface area (Å²) in [6, 6.07) is 8.17. The van der Waals surface area contributed by atoms with Crippen molar-refractivity contribution in [3.8, 4) is 6.07 Å². The quantitative estimate of drug-likeness (QED) is 0.859. The van der Waals surface area contributed by atoms with Crippen molar-refractivity contribution in [1.29, 1.82) is 5.26 Å². The Balaban J connectivity index is 2.08. The summed E-state index contributed by atoms with van der Waals surface area (Å²) >= 11 is 0. The maximum atomic E-state index is 11.2. The summed E-state index contributed by atoms with van der Waals surface area (Å²) in [5, 5.41) is 8.96. The van der Waals surface area contributed by atoms with Crippen molar-refractivity contribution in [2.45, 2.75) is 19.9 Å². The lowest BCUT2D eigenvalue weighted by Gasteiger charge is -2.19. The minimum Gasteiger partial charge on any atom is -0.306 e. The number of nitriles is 1. The zero-order chi connectivity index (χ0) is 13.8. The van der Waals surface area contributed by atoms with Gasteiger partial charge < -0.3 is 14.9 Å². The minimum absolute atomic E-state index is 0.0702. The molecule has 0 saturated heterocycles. The van der Waals surface area contributed by atoms with Gasteiger partial charge in [-0.2, -0.15) is 5.26 Å². The number of nitrogens with one attached hydrogen (secondary N) is 2. The van der Waals surface area contributed by atoms with Crippen LogP contribution in [0.3, 0.4) is 0 Å². The highest BCUT2D eigenvalue weighted by Gasteiger charge is 2.09. The fourth-order valence-electron chi connectivity index (χ4n) is 2.19. The van der Waals surface area contributed by atoms with E-state index >= 15 is 0 Å². The smallest absolute Gasteiger partial charge is 0.306 e. The fraction of sp³-hybridized carbons (Fsp3) is 0.429. The normalized spacial score (nSPS) is 12.7. The predicted octanol–water partition coefficient (Wildman–Crippen LogP) is 1.84. The second-order valence-corrected chi connectivity index (χ2v) is 4.89.